The van der Waals surface area contributed by atoms with Gasteiger partial charge in [-0.1, -0.05) is 29.8 Å². The summed E-state index contributed by atoms with van der Waals surface area (Å²) in [5.41, 5.74) is 3.41. The molecule has 1 aromatic carbocycles. The monoisotopic (exact) mass is 502 g/mol. The number of fused-ring (bicyclic) bond motifs is 2. The number of hydrogen-bond acceptors (Lipinski definition) is 5. The number of aliphatic carboxylic acids is 1. The molecule has 0 aliphatic carbocycles. The van der Waals surface area contributed by atoms with E-state index in [0.29, 0.717) is 13.1 Å². The number of benzene rings is 1. The first kappa shape index (κ1) is 26.2. The molecule has 2 aliphatic rings. The van der Waals surface area contributed by atoms with Crippen molar-refractivity contribution in [3.05, 3.63) is 41.9 Å². The molecular weight excluding hydrogens is 473 g/mol. The van der Waals surface area contributed by atoms with Crippen LogP contribution in [0.1, 0.15) is 31.2 Å². The van der Waals surface area contributed by atoms with Gasteiger partial charge in [0.05, 0.1) is 23.2 Å². The van der Waals surface area contributed by atoms with Crippen molar-refractivity contribution in [2.45, 2.75) is 44.9 Å². The zero-order valence-corrected chi connectivity index (χ0v) is 20.2. The molecule has 1 spiro atoms. The van der Waals surface area contributed by atoms with E-state index < -0.39 is 22.2 Å². The minimum atomic E-state index is -5.08. The highest BCUT2D eigenvalue weighted by Crippen LogP contribution is 2.42. The van der Waals surface area contributed by atoms with Crippen LogP contribution in [0.15, 0.2) is 30.5 Å². The summed E-state index contributed by atoms with van der Waals surface area (Å²) in [6.45, 7) is 6.79. The zero-order chi connectivity index (χ0) is 25.3. The van der Waals surface area contributed by atoms with E-state index in [4.69, 9.17) is 14.9 Å². The molecule has 188 valence electrons. The number of nitrogens with zero attached hydrogens (tertiary/aromatic N) is 4. The topological polar surface area (TPSA) is 95.7 Å². The quantitative estimate of drug-likeness (QED) is 0.693. The van der Waals surface area contributed by atoms with E-state index in [2.05, 4.69) is 47.7 Å². The first-order chi connectivity index (χ1) is 15.8. The highest BCUT2D eigenvalue weighted by atomic mass is 32.2. The van der Waals surface area contributed by atoms with Crippen LogP contribution in [0.5, 0.6) is 0 Å². The highest BCUT2D eigenvalue weighted by Gasteiger charge is 2.47. The molecule has 0 radical (unpaired) electrons. The second-order valence-corrected chi connectivity index (χ2v) is 10.8. The number of likely N-dealkylation sites (N-methyl/N-ethyl adjacent to an activating group) is 1. The van der Waals surface area contributed by atoms with Crippen LogP contribution in [-0.2, 0) is 26.9 Å². The molecular formula is C22H29F3N4O4S. The van der Waals surface area contributed by atoms with Gasteiger partial charge in [-0.05, 0) is 39.3 Å². The number of aromatic nitrogens is 2. The average molecular weight is 503 g/mol. The normalized spacial score (nSPS) is 18.8. The van der Waals surface area contributed by atoms with E-state index in [9.17, 15) is 21.6 Å². The molecule has 3 heterocycles. The Labute approximate surface area is 197 Å². The van der Waals surface area contributed by atoms with Crippen LogP contribution in [0.2, 0.25) is 0 Å². The van der Waals surface area contributed by atoms with E-state index >= 15 is 0 Å². The summed E-state index contributed by atoms with van der Waals surface area (Å²) in [5, 5.41) is 7.12. The van der Waals surface area contributed by atoms with Gasteiger partial charge in [0.1, 0.15) is 5.82 Å². The van der Waals surface area contributed by atoms with Crippen molar-refractivity contribution in [3.8, 4) is 11.3 Å². The van der Waals surface area contributed by atoms with Crippen LogP contribution in [0.4, 0.5) is 13.2 Å². The lowest BCUT2D eigenvalue weighted by atomic mass is 9.84. The molecule has 0 unspecified atom stereocenters. The van der Waals surface area contributed by atoms with Crippen molar-refractivity contribution in [1.29, 1.82) is 0 Å². The van der Waals surface area contributed by atoms with Crippen molar-refractivity contribution < 1.29 is 31.5 Å². The third kappa shape index (κ3) is 5.13. The fourth-order valence-electron chi connectivity index (χ4n) is 4.49. The van der Waals surface area contributed by atoms with Gasteiger partial charge < -0.3 is 9.67 Å². The molecule has 1 aromatic heterocycles. The average Bonchev–Trinajstić information content (AvgIpc) is 3.22. The Kier molecular flexibility index (Phi) is 7.44. The van der Waals surface area contributed by atoms with E-state index in [1.54, 1.807) is 11.2 Å². The molecule has 2 aliphatic heterocycles. The Balaban J connectivity index is 0.000000406. The molecule has 2 aromatic rings. The first-order valence-electron chi connectivity index (χ1n) is 10.9. The number of alkyl halides is 3. The SMILES string of the molecule is CCS(=O)(=O)N1CCC2(CC1)c1ncc(-c3ccc(C)cc3)n1CCN2C.O=C(O)C(F)(F)F. The number of piperidine rings is 1. The van der Waals surface area contributed by atoms with Gasteiger partial charge in [0.25, 0.3) is 0 Å². The van der Waals surface area contributed by atoms with E-state index in [1.807, 2.05) is 6.20 Å². The standard InChI is InChI=1S/C20H28N4O2S.C2HF3O2/c1-4-27(25,26)23-11-9-20(10-12-23)19-21-15-18(24(19)14-13-22(20)3)17-7-5-16(2)6-8-17;3-2(4,5)1(6)7/h5-8,15H,4,9-14H2,1-3H3;(H,6,7). The maximum absolute atomic E-state index is 12.3. The van der Waals surface area contributed by atoms with Gasteiger partial charge in [-0.25, -0.2) is 22.5 Å². The fraction of sp³-hybridized carbons (Fsp3) is 0.545. The van der Waals surface area contributed by atoms with Crippen molar-refractivity contribution in [2.75, 3.05) is 32.4 Å². The van der Waals surface area contributed by atoms with Gasteiger partial charge in [-0.3, -0.25) is 4.90 Å². The Morgan fingerprint density at radius 1 is 1.12 bits per heavy atom. The number of imidazole rings is 1. The van der Waals surface area contributed by atoms with Gasteiger partial charge in [0.2, 0.25) is 10.0 Å². The summed E-state index contributed by atoms with van der Waals surface area (Å²) in [7, 11) is -0.979. The second-order valence-electron chi connectivity index (χ2n) is 8.54. The highest BCUT2D eigenvalue weighted by molar-refractivity contribution is 7.89. The van der Waals surface area contributed by atoms with Crippen LogP contribution >= 0.6 is 0 Å². The molecule has 1 fully saturated rings. The largest absolute Gasteiger partial charge is 0.490 e. The van der Waals surface area contributed by atoms with E-state index in [-0.39, 0.29) is 11.3 Å². The van der Waals surface area contributed by atoms with Crippen LogP contribution in [-0.4, -0.2) is 76.9 Å². The molecule has 0 bridgehead atoms. The number of carbonyl (C=O) groups is 1. The number of hydrogen-bond donors (Lipinski definition) is 1. The molecule has 12 heteroatoms. The summed E-state index contributed by atoms with van der Waals surface area (Å²) < 4.78 is 60.2. The van der Waals surface area contributed by atoms with Crippen molar-refractivity contribution in [2.24, 2.45) is 0 Å². The van der Waals surface area contributed by atoms with Gasteiger partial charge in [-0.2, -0.15) is 13.2 Å². The van der Waals surface area contributed by atoms with Gasteiger partial charge in [0, 0.05) is 26.2 Å². The Bertz CT molecular complexity index is 1120. The molecule has 8 nitrogen and oxygen atoms in total. The number of carboxylic acid groups (broad SMARTS) is 1. The van der Waals surface area contributed by atoms with Gasteiger partial charge in [0.15, 0.2) is 0 Å². The summed E-state index contributed by atoms with van der Waals surface area (Å²) in [5.74, 6) is -1.50. The summed E-state index contributed by atoms with van der Waals surface area (Å²) in [4.78, 5) is 16.1. The number of carboxylic acids is 1. The van der Waals surface area contributed by atoms with Crippen LogP contribution in [0.25, 0.3) is 11.3 Å². The lowest BCUT2D eigenvalue weighted by Gasteiger charge is -2.49. The number of rotatable bonds is 3. The van der Waals surface area contributed by atoms with Gasteiger partial charge in [-0.15, -0.1) is 0 Å². The van der Waals surface area contributed by atoms with Crippen LogP contribution in [0, 0.1) is 6.92 Å². The third-order valence-corrected chi connectivity index (χ3v) is 8.44. The van der Waals surface area contributed by atoms with Crippen LogP contribution in [0.3, 0.4) is 0 Å². The molecule has 0 saturated carbocycles. The minimum Gasteiger partial charge on any atom is -0.475 e. The molecule has 4 rings (SSSR count). The number of sulfonamides is 1. The smallest absolute Gasteiger partial charge is 0.475 e. The minimum absolute atomic E-state index is 0.169. The van der Waals surface area contributed by atoms with Crippen molar-refractivity contribution in [3.63, 3.8) is 0 Å². The van der Waals surface area contributed by atoms with E-state index in [1.165, 1.54) is 11.1 Å². The summed E-state index contributed by atoms with van der Waals surface area (Å²) >= 11 is 0. The number of halogens is 3. The second kappa shape index (κ2) is 9.67. The molecule has 0 atom stereocenters. The lowest BCUT2D eigenvalue weighted by molar-refractivity contribution is -0.192. The van der Waals surface area contributed by atoms with Crippen molar-refractivity contribution >= 4 is 16.0 Å². The fourth-order valence-corrected chi connectivity index (χ4v) is 5.59. The molecule has 1 saturated heterocycles. The molecule has 34 heavy (non-hydrogen) atoms. The summed E-state index contributed by atoms with van der Waals surface area (Å²) in [6, 6.07) is 8.57. The zero-order valence-electron chi connectivity index (χ0n) is 19.3. The lowest BCUT2D eigenvalue weighted by Crippen LogP contribution is -2.57. The predicted octanol–water partition coefficient (Wildman–Crippen LogP) is 3.08. The van der Waals surface area contributed by atoms with Crippen molar-refractivity contribution in [1.82, 2.24) is 18.8 Å². The third-order valence-electron chi connectivity index (χ3n) is 6.56. The van der Waals surface area contributed by atoms with E-state index in [0.717, 1.165) is 37.4 Å². The van der Waals surface area contributed by atoms with Crippen LogP contribution < -0.4 is 0 Å². The maximum atomic E-state index is 12.3. The Hall–Kier alpha value is -2.44. The molecule has 1 N–H and O–H groups in total. The molecule has 0 amide bonds. The summed E-state index contributed by atoms with van der Waals surface area (Å²) in [6.07, 6.45) is -1.53. The van der Waals surface area contributed by atoms with Gasteiger partial charge >= 0.3 is 12.1 Å². The maximum Gasteiger partial charge on any atom is 0.490 e. The first-order valence-corrected chi connectivity index (χ1v) is 12.5. The Morgan fingerprint density at radius 3 is 2.18 bits per heavy atom. The Morgan fingerprint density at radius 2 is 1.68 bits per heavy atom. The number of aryl methyl sites for hydroxylation is 1. The predicted molar refractivity (Wildman–Crippen MR) is 121 cm³/mol.